The predicted molar refractivity (Wildman–Crippen MR) is 302 cm³/mol. The third kappa shape index (κ3) is 14.0. The van der Waals surface area contributed by atoms with Crippen molar-refractivity contribution in [2.75, 3.05) is 27.7 Å². The van der Waals surface area contributed by atoms with Gasteiger partial charge in [0.05, 0.1) is 18.1 Å². The van der Waals surface area contributed by atoms with Crippen LogP contribution in [0.3, 0.4) is 0 Å². The minimum atomic E-state index is -1.04. The van der Waals surface area contributed by atoms with Gasteiger partial charge in [-0.05, 0) is 103 Å². The number of carbonyl (C=O) groups is 7. The highest BCUT2D eigenvalue weighted by Crippen LogP contribution is 2.38. The van der Waals surface area contributed by atoms with E-state index in [9.17, 15) is 19.2 Å². The molecule has 7 rings (SSSR count). The second-order valence-corrected chi connectivity index (χ2v) is 23.9. The molecule has 0 saturated carbocycles. The number of nitrogens with zero attached hydrogens (tertiary/aromatic N) is 3. The molecule has 6 N–H and O–H groups in total. The quantitative estimate of drug-likeness (QED) is 0.0747. The molecule has 0 spiro atoms. The minimum absolute atomic E-state index is 0.0617. The van der Waals surface area contributed by atoms with Crippen molar-refractivity contribution < 1.29 is 33.6 Å². The van der Waals surface area contributed by atoms with Crippen LogP contribution in [0.4, 0.5) is 0 Å². The molecular weight excluding hydrogens is 983 g/mol. The molecule has 16 nitrogen and oxygen atoms in total. The van der Waals surface area contributed by atoms with Crippen molar-refractivity contribution in [3.8, 4) is 0 Å². The fraction of sp³-hybridized carbons (Fsp3) is 0.500. The molecule has 1 aliphatic carbocycles. The van der Waals surface area contributed by atoms with E-state index in [4.69, 9.17) is 0 Å². The van der Waals surface area contributed by atoms with E-state index in [-0.39, 0.29) is 67.9 Å². The Balaban J connectivity index is 1.24. The number of carbonyl (C=O) groups excluding carboxylic acids is 7. The molecule has 3 aliphatic rings. The molecule has 2 heterocycles. The van der Waals surface area contributed by atoms with Gasteiger partial charge in [0.1, 0.15) is 30.2 Å². The molecule has 6 unspecified atom stereocenters. The van der Waals surface area contributed by atoms with E-state index >= 15 is 14.4 Å². The predicted octanol–water partition coefficient (Wildman–Crippen LogP) is 5.48. The molecule has 1 fully saturated rings. The number of amides is 7. The molecule has 4 aromatic rings. The van der Waals surface area contributed by atoms with Crippen LogP contribution in [0.1, 0.15) is 126 Å². The van der Waals surface area contributed by atoms with Crippen molar-refractivity contribution >= 4 is 41.4 Å². The summed E-state index contributed by atoms with van der Waals surface area (Å²) >= 11 is 0. The number of rotatable bonds is 18. The lowest BCUT2D eigenvalue weighted by molar-refractivity contribution is -0.147. The summed E-state index contributed by atoms with van der Waals surface area (Å²) in [6.07, 6.45) is 3.21. The molecule has 4 aromatic carbocycles. The maximum atomic E-state index is 15.2. The summed E-state index contributed by atoms with van der Waals surface area (Å²) in [6.45, 7) is 15.2. The first-order valence-electron chi connectivity index (χ1n) is 27.7. The van der Waals surface area contributed by atoms with E-state index in [1.54, 1.807) is 49.7 Å². The summed E-state index contributed by atoms with van der Waals surface area (Å²) in [5.41, 5.74) is 5.03. The summed E-state index contributed by atoms with van der Waals surface area (Å²) < 4.78 is 0. The van der Waals surface area contributed by atoms with Crippen LogP contribution in [-0.4, -0.2) is 126 Å². The fourth-order valence-electron chi connectivity index (χ4n) is 11.0. The van der Waals surface area contributed by atoms with Crippen molar-refractivity contribution in [2.45, 2.75) is 161 Å². The first-order chi connectivity index (χ1) is 37.0. The zero-order chi connectivity index (χ0) is 56.6. The van der Waals surface area contributed by atoms with Gasteiger partial charge in [0.2, 0.25) is 41.4 Å². The Kier molecular flexibility index (Phi) is 19.0. The van der Waals surface area contributed by atoms with Gasteiger partial charge in [-0.1, -0.05) is 145 Å². The highest BCUT2D eigenvalue weighted by molar-refractivity contribution is 5.96. The average Bonchev–Trinajstić information content (AvgIpc) is 4.01. The van der Waals surface area contributed by atoms with Crippen LogP contribution in [-0.2, 0) is 65.9 Å². The lowest BCUT2D eigenvalue weighted by Crippen LogP contribution is -2.62. The minimum Gasteiger partial charge on any atom is -0.347 e. The molecule has 418 valence electrons. The maximum Gasteiger partial charge on any atom is 0.246 e. The smallest absolute Gasteiger partial charge is 0.246 e. The first kappa shape index (κ1) is 58.8. The monoisotopic (exact) mass is 1070 g/mol. The van der Waals surface area contributed by atoms with Gasteiger partial charge in [-0.25, -0.2) is 0 Å². The number of fused-ring (bicyclic) bond motifs is 2. The lowest BCUT2D eigenvalue weighted by Gasteiger charge is -2.42. The van der Waals surface area contributed by atoms with Crippen LogP contribution < -0.4 is 31.9 Å². The van der Waals surface area contributed by atoms with Crippen LogP contribution in [0, 0.1) is 10.8 Å². The molecule has 16 heteroatoms. The van der Waals surface area contributed by atoms with Crippen LogP contribution >= 0.6 is 0 Å². The number of aryl methyl sites for hydroxylation is 1. The fourth-order valence-corrected chi connectivity index (χ4v) is 11.0. The van der Waals surface area contributed by atoms with E-state index in [1.165, 1.54) is 5.56 Å². The summed E-state index contributed by atoms with van der Waals surface area (Å²) in [7, 11) is 5.06. The van der Waals surface area contributed by atoms with Crippen LogP contribution in [0.25, 0.3) is 0 Å². The van der Waals surface area contributed by atoms with Crippen molar-refractivity contribution in [2.24, 2.45) is 10.8 Å². The first-order valence-corrected chi connectivity index (χ1v) is 27.7. The van der Waals surface area contributed by atoms with Gasteiger partial charge < -0.3 is 46.6 Å². The summed E-state index contributed by atoms with van der Waals surface area (Å²) in [5.74, 6) is -2.99. The highest BCUT2D eigenvalue weighted by Gasteiger charge is 2.48. The normalized spacial score (nSPS) is 20.1. The van der Waals surface area contributed by atoms with Gasteiger partial charge in [-0.3, -0.25) is 33.6 Å². The molecule has 7 amide bonds. The van der Waals surface area contributed by atoms with Gasteiger partial charge in [0.25, 0.3) is 0 Å². The van der Waals surface area contributed by atoms with Gasteiger partial charge in [-0.15, -0.1) is 0 Å². The van der Waals surface area contributed by atoms with Crippen molar-refractivity contribution in [1.82, 2.24) is 46.6 Å². The Morgan fingerprint density at radius 1 is 0.641 bits per heavy atom. The SMILES string of the molecule is CNC(C)C(=O)NC(C(=O)N1Cc2cc([C@@H]3C[C@@H](C(=O)NC(Cc4ccccc4)C(=O)N(C)Cc4ccccc4)N(C(=O)C(NC(=O)C(C)NC)C(C)(C)C)C3)ccc2CC1C(=O)N[C@@H]1CCCc2ccccc21)C(C)(C)C. The van der Waals surface area contributed by atoms with Gasteiger partial charge in [0, 0.05) is 45.4 Å². The molecule has 0 aromatic heterocycles. The van der Waals surface area contributed by atoms with Gasteiger partial charge in [0.15, 0.2) is 0 Å². The standard InChI is InChI=1S/C62H83N9O7/c1-38(63-9)54(72)67-52(61(3,4)5)59(77)70-36-45-32-43(29-30-44(45)33-50(70)56(74)65-48-28-20-26-42-25-18-19-27-47(42)48)46-34-51(71(37-46)60(78)53(62(6,7)8)68-55(73)39(2)64-10)57(75)66-49(31-40-21-14-12-15-22-40)58(76)69(11)35-41-23-16-13-17-24-41/h12-19,21-25,27,29-30,32,38-39,46,48-53,63-64H,20,26,28,31,33-37H2,1-11H3,(H,65,74)(H,66,75)(H,67,72)(H,68,73)/t38?,39?,46-,48-,49?,50?,51+,52?,53?/m1/s1. The Labute approximate surface area is 461 Å². The number of likely N-dealkylation sites (N-methyl/N-ethyl adjacent to an activating group) is 3. The topological polar surface area (TPSA) is 201 Å². The molecular formula is C62H83N9O7. The molecule has 9 atom stereocenters. The average molecular weight is 1070 g/mol. The lowest BCUT2D eigenvalue weighted by atomic mass is 9.83. The second kappa shape index (κ2) is 25.3. The van der Waals surface area contributed by atoms with Crippen molar-refractivity contribution in [3.63, 3.8) is 0 Å². The molecule has 2 aliphatic heterocycles. The van der Waals surface area contributed by atoms with Crippen LogP contribution in [0.5, 0.6) is 0 Å². The number of hydrogen-bond donors (Lipinski definition) is 6. The van der Waals surface area contributed by atoms with Crippen LogP contribution in [0.15, 0.2) is 103 Å². The number of hydrogen-bond acceptors (Lipinski definition) is 9. The second-order valence-electron chi connectivity index (χ2n) is 23.9. The largest absolute Gasteiger partial charge is 0.347 e. The van der Waals surface area contributed by atoms with Crippen LogP contribution in [0.2, 0.25) is 0 Å². The Morgan fingerprint density at radius 2 is 1.21 bits per heavy atom. The van der Waals surface area contributed by atoms with E-state index in [2.05, 4.69) is 44.0 Å². The summed E-state index contributed by atoms with van der Waals surface area (Å²) in [5, 5.41) is 18.3. The van der Waals surface area contributed by atoms with E-state index < -0.39 is 70.9 Å². The van der Waals surface area contributed by atoms with Gasteiger partial charge >= 0.3 is 0 Å². The third-order valence-corrected chi connectivity index (χ3v) is 16.0. The Bertz CT molecular complexity index is 2790. The molecule has 0 bridgehead atoms. The van der Waals surface area contributed by atoms with E-state index in [0.717, 1.165) is 52.6 Å². The zero-order valence-electron chi connectivity index (χ0n) is 47.6. The molecule has 0 radical (unpaired) electrons. The number of likely N-dealkylation sites (tertiary alicyclic amines) is 1. The molecule has 1 saturated heterocycles. The summed E-state index contributed by atoms with van der Waals surface area (Å²) in [4.78, 5) is 107. The Morgan fingerprint density at radius 3 is 1.79 bits per heavy atom. The zero-order valence-corrected chi connectivity index (χ0v) is 47.6. The van der Waals surface area contributed by atoms with E-state index in [1.807, 2.05) is 133 Å². The summed E-state index contributed by atoms with van der Waals surface area (Å²) in [6, 6.07) is 26.9. The third-order valence-electron chi connectivity index (χ3n) is 16.0. The number of benzene rings is 4. The molecule has 78 heavy (non-hydrogen) atoms. The van der Waals surface area contributed by atoms with Crippen molar-refractivity contribution in [1.29, 1.82) is 0 Å². The maximum absolute atomic E-state index is 15.2. The number of nitrogens with one attached hydrogen (secondary N) is 6. The highest BCUT2D eigenvalue weighted by atomic mass is 16.2. The Hall–Kier alpha value is -6.91. The van der Waals surface area contributed by atoms with Crippen molar-refractivity contribution in [3.05, 3.63) is 142 Å². The van der Waals surface area contributed by atoms with E-state index in [0.29, 0.717) is 6.54 Å². The van der Waals surface area contributed by atoms with Gasteiger partial charge in [-0.2, -0.15) is 0 Å².